The van der Waals surface area contributed by atoms with Gasteiger partial charge in [0.1, 0.15) is 11.3 Å². The van der Waals surface area contributed by atoms with Gasteiger partial charge >= 0.3 is 0 Å². The molecule has 1 aromatic heterocycles. The summed E-state index contributed by atoms with van der Waals surface area (Å²) in [4.78, 5) is 15.8. The number of hydrogen-bond donors (Lipinski definition) is 1. The Morgan fingerprint density at radius 1 is 1.42 bits per heavy atom. The summed E-state index contributed by atoms with van der Waals surface area (Å²) in [6.07, 6.45) is 3.81. The number of nitrogens with one attached hydrogen (secondary N) is 1. The number of nitrogens with zero attached hydrogens (tertiary/aromatic N) is 1. The normalized spacial score (nSPS) is 14.4. The summed E-state index contributed by atoms with van der Waals surface area (Å²) in [5, 5.41) is 4.32. The lowest BCUT2D eigenvalue weighted by molar-refractivity contribution is -0.123. The Labute approximate surface area is 115 Å². The first-order valence-electron chi connectivity index (χ1n) is 6.19. The molecule has 0 atom stereocenters. The molecule has 1 aliphatic rings. The Morgan fingerprint density at radius 3 is 3.05 bits per heavy atom. The highest BCUT2D eigenvalue weighted by Gasteiger charge is 2.23. The summed E-state index contributed by atoms with van der Waals surface area (Å²) < 4.78 is 5.53. The second kappa shape index (κ2) is 5.05. The van der Waals surface area contributed by atoms with Crippen molar-refractivity contribution in [3.8, 4) is 5.75 Å². The van der Waals surface area contributed by atoms with Crippen molar-refractivity contribution < 1.29 is 9.53 Å². The summed E-state index contributed by atoms with van der Waals surface area (Å²) >= 11 is 6.09. The molecule has 0 radical (unpaired) electrons. The predicted octanol–water partition coefficient (Wildman–Crippen LogP) is 2.55. The van der Waals surface area contributed by atoms with Gasteiger partial charge < -0.3 is 10.1 Å². The van der Waals surface area contributed by atoms with E-state index in [1.165, 1.54) is 0 Å². The minimum atomic E-state index is -0.0958. The van der Waals surface area contributed by atoms with E-state index >= 15 is 0 Å². The molecular weight excluding hydrogens is 264 g/mol. The summed E-state index contributed by atoms with van der Waals surface area (Å²) in [7, 11) is 0. The molecule has 0 saturated heterocycles. The Kier molecular flexibility index (Phi) is 3.25. The molecule has 1 N–H and O–H groups in total. The second-order valence-electron chi connectivity index (χ2n) is 4.58. The molecule has 0 aliphatic heterocycles. The fourth-order valence-electron chi connectivity index (χ4n) is 1.87. The smallest absolute Gasteiger partial charge is 0.258 e. The monoisotopic (exact) mass is 276 g/mol. The second-order valence-corrected chi connectivity index (χ2v) is 4.98. The third-order valence-corrected chi connectivity index (χ3v) is 3.31. The van der Waals surface area contributed by atoms with Crippen LogP contribution in [0.3, 0.4) is 0 Å². The molecule has 98 valence electrons. The first kappa shape index (κ1) is 12.2. The van der Waals surface area contributed by atoms with Gasteiger partial charge in [-0.15, -0.1) is 0 Å². The Hall–Kier alpha value is -1.81. The van der Waals surface area contributed by atoms with Crippen LogP contribution in [0.1, 0.15) is 12.8 Å². The van der Waals surface area contributed by atoms with Gasteiger partial charge in [-0.2, -0.15) is 0 Å². The van der Waals surface area contributed by atoms with Crippen LogP contribution < -0.4 is 10.1 Å². The highest BCUT2D eigenvalue weighted by molar-refractivity contribution is 6.35. The van der Waals surface area contributed by atoms with Gasteiger partial charge in [-0.05, 0) is 37.1 Å². The maximum atomic E-state index is 11.6. The molecule has 1 saturated carbocycles. The van der Waals surface area contributed by atoms with Crippen molar-refractivity contribution in [3.05, 3.63) is 35.5 Å². The lowest BCUT2D eigenvalue weighted by Crippen LogP contribution is -2.30. The topological polar surface area (TPSA) is 51.2 Å². The molecule has 1 aliphatic carbocycles. The van der Waals surface area contributed by atoms with E-state index in [0.29, 0.717) is 22.3 Å². The first-order chi connectivity index (χ1) is 9.24. The van der Waals surface area contributed by atoms with Gasteiger partial charge in [0.15, 0.2) is 6.61 Å². The van der Waals surface area contributed by atoms with Crippen molar-refractivity contribution >= 4 is 28.4 Å². The van der Waals surface area contributed by atoms with Crippen LogP contribution in [0.25, 0.3) is 10.9 Å². The van der Waals surface area contributed by atoms with Crippen LogP contribution >= 0.6 is 11.6 Å². The quantitative estimate of drug-likeness (QED) is 0.934. The highest BCUT2D eigenvalue weighted by atomic mass is 35.5. The molecule has 2 aromatic rings. The maximum Gasteiger partial charge on any atom is 0.258 e. The Balaban J connectivity index is 1.76. The first-order valence-corrected chi connectivity index (χ1v) is 6.57. The van der Waals surface area contributed by atoms with E-state index in [-0.39, 0.29) is 12.5 Å². The van der Waals surface area contributed by atoms with Gasteiger partial charge in [0.2, 0.25) is 0 Å². The Bertz CT molecular complexity index is 626. The number of halogens is 1. The van der Waals surface area contributed by atoms with Crippen molar-refractivity contribution in [1.29, 1.82) is 0 Å². The number of fused-ring (bicyclic) bond motifs is 1. The third-order valence-electron chi connectivity index (χ3n) is 2.98. The highest BCUT2D eigenvalue weighted by Crippen LogP contribution is 2.29. The SMILES string of the molecule is O=C(COc1ccc(Cl)c2cccnc12)NC1CC1. The third kappa shape index (κ3) is 2.79. The number of rotatable bonds is 4. The number of benzene rings is 1. The van der Waals surface area contributed by atoms with Gasteiger partial charge in [-0.3, -0.25) is 9.78 Å². The zero-order valence-electron chi connectivity index (χ0n) is 10.2. The van der Waals surface area contributed by atoms with Crippen molar-refractivity contribution in [1.82, 2.24) is 10.3 Å². The fourth-order valence-corrected chi connectivity index (χ4v) is 2.08. The molecule has 1 fully saturated rings. The lowest BCUT2D eigenvalue weighted by Gasteiger charge is -2.09. The molecule has 1 aromatic carbocycles. The summed E-state index contributed by atoms with van der Waals surface area (Å²) in [6.45, 7) is 0.00378. The number of ether oxygens (including phenoxy) is 1. The van der Waals surface area contributed by atoms with Gasteiger partial charge in [0.05, 0.1) is 5.02 Å². The van der Waals surface area contributed by atoms with Crippen LogP contribution in [0.15, 0.2) is 30.5 Å². The number of carbonyl (C=O) groups is 1. The molecule has 0 unspecified atom stereocenters. The maximum absolute atomic E-state index is 11.6. The minimum Gasteiger partial charge on any atom is -0.481 e. The van der Waals surface area contributed by atoms with Gasteiger partial charge in [0.25, 0.3) is 5.91 Å². The van der Waals surface area contributed by atoms with Crippen LogP contribution in [0.2, 0.25) is 5.02 Å². The summed E-state index contributed by atoms with van der Waals surface area (Å²) in [5.74, 6) is 0.479. The van der Waals surface area contributed by atoms with Crippen LogP contribution in [-0.2, 0) is 4.79 Å². The van der Waals surface area contributed by atoms with Crippen LogP contribution in [0, 0.1) is 0 Å². The van der Waals surface area contributed by atoms with Gasteiger partial charge in [0, 0.05) is 17.6 Å². The number of pyridine rings is 1. The molecule has 1 heterocycles. The molecule has 3 rings (SSSR count). The minimum absolute atomic E-state index is 0.00378. The number of aromatic nitrogens is 1. The average molecular weight is 277 g/mol. The zero-order valence-corrected chi connectivity index (χ0v) is 11.0. The molecule has 5 heteroatoms. The van der Waals surface area contributed by atoms with Crippen molar-refractivity contribution in [2.75, 3.05) is 6.61 Å². The standard InChI is InChI=1S/C14H13ClN2O2/c15-11-5-6-12(14-10(11)2-1-7-16-14)19-8-13(18)17-9-3-4-9/h1-2,5-7,9H,3-4,8H2,(H,17,18). The van der Waals surface area contributed by atoms with Gasteiger partial charge in [-0.1, -0.05) is 11.6 Å². The van der Waals surface area contributed by atoms with E-state index in [9.17, 15) is 4.79 Å². The summed E-state index contributed by atoms with van der Waals surface area (Å²) in [6, 6.07) is 7.53. The van der Waals surface area contributed by atoms with Crippen molar-refractivity contribution in [3.63, 3.8) is 0 Å². The number of carbonyl (C=O) groups excluding carboxylic acids is 1. The lowest BCUT2D eigenvalue weighted by atomic mass is 10.2. The van der Waals surface area contributed by atoms with Gasteiger partial charge in [-0.25, -0.2) is 0 Å². The molecule has 19 heavy (non-hydrogen) atoms. The van der Waals surface area contributed by atoms with Crippen molar-refractivity contribution in [2.24, 2.45) is 0 Å². The fraction of sp³-hybridized carbons (Fsp3) is 0.286. The molecular formula is C14H13ClN2O2. The van der Waals surface area contributed by atoms with Crippen LogP contribution in [0.4, 0.5) is 0 Å². The van der Waals surface area contributed by atoms with E-state index in [1.807, 2.05) is 12.1 Å². The molecule has 0 spiro atoms. The van der Waals surface area contributed by atoms with Crippen LogP contribution in [0.5, 0.6) is 5.75 Å². The van der Waals surface area contributed by atoms with E-state index in [4.69, 9.17) is 16.3 Å². The molecule has 4 nitrogen and oxygen atoms in total. The largest absolute Gasteiger partial charge is 0.481 e. The predicted molar refractivity (Wildman–Crippen MR) is 73.4 cm³/mol. The number of amides is 1. The zero-order chi connectivity index (χ0) is 13.2. The number of hydrogen-bond acceptors (Lipinski definition) is 3. The van der Waals surface area contributed by atoms with E-state index in [1.54, 1.807) is 18.3 Å². The molecule has 1 amide bonds. The van der Waals surface area contributed by atoms with Crippen molar-refractivity contribution in [2.45, 2.75) is 18.9 Å². The average Bonchev–Trinajstić information content (AvgIpc) is 3.22. The van der Waals surface area contributed by atoms with E-state index < -0.39 is 0 Å². The molecule has 0 bridgehead atoms. The Morgan fingerprint density at radius 2 is 2.26 bits per heavy atom. The van der Waals surface area contributed by atoms with E-state index in [2.05, 4.69) is 10.3 Å². The van der Waals surface area contributed by atoms with Crippen LogP contribution in [-0.4, -0.2) is 23.5 Å². The summed E-state index contributed by atoms with van der Waals surface area (Å²) in [5.41, 5.74) is 0.675. The van der Waals surface area contributed by atoms with E-state index in [0.717, 1.165) is 18.2 Å².